The van der Waals surface area contributed by atoms with Crippen molar-refractivity contribution in [3.63, 3.8) is 0 Å². The van der Waals surface area contributed by atoms with E-state index in [1.165, 1.54) is 0 Å². The molecule has 0 aliphatic carbocycles. The van der Waals surface area contributed by atoms with Crippen LogP contribution in [0.1, 0.15) is 26.7 Å². The molecule has 1 fully saturated rings. The van der Waals surface area contributed by atoms with Crippen LogP contribution >= 0.6 is 12.2 Å². The predicted octanol–water partition coefficient (Wildman–Crippen LogP) is -0.0605. The number of nitrogens with two attached hydrogens (primary N) is 1. The fourth-order valence-electron chi connectivity index (χ4n) is 1.91. The lowest BCUT2D eigenvalue weighted by molar-refractivity contribution is -0.127. The van der Waals surface area contributed by atoms with Crippen molar-refractivity contribution in [2.75, 3.05) is 6.54 Å². The molecule has 5 nitrogen and oxygen atoms in total. The third kappa shape index (κ3) is 3.96. The van der Waals surface area contributed by atoms with Crippen LogP contribution in [0.4, 0.5) is 0 Å². The summed E-state index contributed by atoms with van der Waals surface area (Å²) in [6.07, 6.45) is 1.12. The third-order valence-corrected chi connectivity index (χ3v) is 3.12. The number of hydrogen-bond acceptors (Lipinski definition) is 3. The highest BCUT2D eigenvalue weighted by Gasteiger charge is 2.28. The van der Waals surface area contributed by atoms with Gasteiger partial charge in [-0.3, -0.25) is 9.59 Å². The number of hydrogen-bond donors (Lipinski definition) is 3. The maximum atomic E-state index is 12.0. The second kappa shape index (κ2) is 5.95. The molecule has 0 bridgehead atoms. The average molecular weight is 257 g/mol. The summed E-state index contributed by atoms with van der Waals surface area (Å²) in [5, 5.41) is 5.60. The van der Waals surface area contributed by atoms with E-state index in [0.717, 1.165) is 0 Å². The molecule has 1 rings (SSSR count). The minimum absolute atomic E-state index is 0.0178. The molecule has 1 aliphatic heterocycles. The van der Waals surface area contributed by atoms with Gasteiger partial charge in [0.1, 0.15) is 0 Å². The Labute approximate surface area is 107 Å². The molecule has 2 unspecified atom stereocenters. The summed E-state index contributed by atoms with van der Waals surface area (Å²) in [6.45, 7) is 4.30. The minimum atomic E-state index is -0.442. The highest BCUT2D eigenvalue weighted by molar-refractivity contribution is 7.80. The van der Waals surface area contributed by atoms with E-state index in [-0.39, 0.29) is 28.8 Å². The quantitative estimate of drug-likeness (QED) is 0.616. The van der Waals surface area contributed by atoms with Crippen LogP contribution in [0.15, 0.2) is 0 Å². The summed E-state index contributed by atoms with van der Waals surface area (Å²) >= 11 is 4.90. The van der Waals surface area contributed by atoms with E-state index in [2.05, 4.69) is 10.6 Å². The van der Waals surface area contributed by atoms with Crippen LogP contribution in [0.2, 0.25) is 0 Å². The Morgan fingerprint density at radius 3 is 2.65 bits per heavy atom. The molecule has 2 amide bonds. The topological polar surface area (TPSA) is 84.2 Å². The van der Waals surface area contributed by atoms with Crippen LogP contribution in [-0.4, -0.2) is 29.4 Å². The fraction of sp³-hybridized carbons (Fsp3) is 0.727. The van der Waals surface area contributed by atoms with Gasteiger partial charge in [0.25, 0.3) is 0 Å². The molecule has 1 aliphatic rings. The number of piperidine rings is 1. The fourth-order valence-corrected chi connectivity index (χ4v) is 2.29. The molecule has 2 atom stereocenters. The Kier molecular flexibility index (Phi) is 4.86. The van der Waals surface area contributed by atoms with Crippen molar-refractivity contribution in [3.05, 3.63) is 0 Å². The third-order valence-electron chi connectivity index (χ3n) is 2.87. The summed E-state index contributed by atoms with van der Waals surface area (Å²) in [5.74, 6) is -0.479. The smallest absolute Gasteiger partial charge is 0.230 e. The van der Waals surface area contributed by atoms with Gasteiger partial charge in [-0.1, -0.05) is 26.1 Å². The summed E-state index contributed by atoms with van der Waals surface area (Å²) in [6, 6.07) is -0.0178. The largest absolute Gasteiger partial charge is 0.393 e. The summed E-state index contributed by atoms with van der Waals surface area (Å²) in [7, 11) is 0. The van der Waals surface area contributed by atoms with Crippen molar-refractivity contribution in [2.45, 2.75) is 32.7 Å². The van der Waals surface area contributed by atoms with Gasteiger partial charge in [-0.05, 0) is 12.3 Å². The molecule has 0 aromatic heterocycles. The van der Waals surface area contributed by atoms with E-state index in [1.807, 2.05) is 13.8 Å². The molecule has 6 heteroatoms. The monoisotopic (exact) mass is 257 g/mol. The van der Waals surface area contributed by atoms with E-state index < -0.39 is 5.92 Å². The van der Waals surface area contributed by atoms with Crippen molar-refractivity contribution >= 4 is 29.0 Å². The first-order valence-electron chi connectivity index (χ1n) is 5.78. The highest BCUT2D eigenvalue weighted by Crippen LogP contribution is 2.13. The van der Waals surface area contributed by atoms with E-state index in [0.29, 0.717) is 19.4 Å². The van der Waals surface area contributed by atoms with Crippen LogP contribution in [0.5, 0.6) is 0 Å². The molecule has 0 saturated carbocycles. The molecular formula is C11H19N3O2S. The van der Waals surface area contributed by atoms with Crippen LogP contribution in [0.25, 0.3) is 0 Å². The van der Waals surface area contributed by atoms with Gasteiger partial charge in [0.15, 0.2) is 0 Å². The Morgan fingerprint density at radius 2 is 2.24 bits per heavy atom. The van der Waals surface area contributed by atoms with Gasteiger partial charge in [0.2, 0.25) is 11.8 Å². The Morgan fingerprint density at radius 1 is 1.59 bits per heavy atom. The van der Waals surface area contributed by atoms with Crippen molar-refractivity contribution in [3.8, 4) is 0 Å². The first kappa shape index (κ1) is 13.9. The maximum absolute atomic E-state index is 12.0. The molecule has 0 spiro atoms. The van der Waals surface area contributed by atoms with Crippen LogP contribution < -0.4 is 16.4 Å². The highest BCUT2D eigenvalue weighted by atomic mass is 32.1. The van der Waals surface area contributed by atoms with Gasteiger partial charge >= 0.3 is 0 Å². The summed E-state index contributed by atoms with van der Waals surface area (Å²) in [4.78, 5) is 23.2. The van der Waals surface area contributed by atoms with Crippen LogP contribution in [-0.2, 0) is 9.59 Å². The zero-order valence-electron chi connectivity index (χ0n) is 10.2. The summed E-state index contributed by atoms with van der Waals surface area (Å²) < 4.78 is 0. The second-order valence-electron chi connectivity index (χ2n) is 4.67. The Balaban J connectivity index is 2.52. The number of carbonyl (C=O) groups excluding carboxylic acids is 2. The number of amides is 2. The first-order chi connectivity index (χ1) is 7.91. The van der Waals surface area contributed by atoms with E-state index >= 15 is 0 Å². The van der Waals surface area contributed by atoms with Crippen LogP contribution in [0, 0.1) is 11.8 Å². The predicted molar refractivity (Wildman–Crippen MR) is 69.3 cm³/mol. The molecule has 1 heterocycles. The van der Waals surface area contributed by atoms with Crippen molar-refractivity contribution < 1.29 is 9.59 Å². The molecule has 0 aromatic carbocycles. The number of rotatable bonds is 4. The Bertz CT molecular complexity index is 321. The van der Waals surface area contributed by atoms with E-state index in [4.69, 9.17) is 18.0 Å². The lowest BCUT2D eigenvalue weighted by atomic mass is 9.94. The minimum Gasteiger partial charge on any atom is -0.393 e. The van der Waals surface area contributed by atoms with E-state index in [9.17, 15) is 9.59 Å². The normalized spacial score (nSPS) is 21.8. The van der Waals surface area contributed by atoms with E-state index in [1.54, 1.807) is 0 Å². The Hall–Kier alpha value is -1.17. The number of nitrogens with one attached hydrogen (secondary N) is 2. The lowest BCUT2D eigenvalue weighted by Crippen LogP contribution is -2.51. The number of carbonyl (C=O) groups is 2. The molecular weight excluding hydrogens is 238 g/mol. The van der Waals surface area contributed by atoms with Gasteiger partial charge in [-0.25, -0.2) is 0 Å². The van der Waals surface area contributed by atoms with Gasteiger partial charge in [-0.2, -0.15) is 0 Å². The maximum Gasteiger partial charge on any atom is 0.230 e. The molecule has 0 radical (unpaired) electrons. The van der Waals surface area contributed by atoms with Gasteiger partial charge < -0.3 is 16.4 Å². The zero-order chi connectivity index (χ0) is 13.0. The zero-order valence-corrected chi connectivity index (χ0v) is 11.0. The molecule has 17 heavy (non-hydrogen) atoms. The average Bonchev–Trinajstić information content (AvgIpc) is 2.20. The molecule has 4 N–H and O–H groups in total. The molecule has 0 aromatic rings. The van der Waals surface area contributed by atoms with Gasteiger partial charge in [0.05, 0.1) is 10.9 Å². The standard InChI is InChI=1S/C11H19N3O2S/c1-6(2)9(10(12)17)11(16)14-7-3-4-8(15)13-5-7/h6-7,9H,3-5H2,1-2H3,(H2,12,17)(H,13,15)(H,14,16). The lowest BCUT2D eigenvalue weighted by Gasteiger charge is -2.26. The number of thiocarbonyl (C=S) groups is 1. The van der Waals surface area contributed by atoms with Crippen molar-refractivity contribution in [1.82, 2.24) is 10.6 Å². The van der Waals surface area contributed by atoms with Crippen LogP contribution in [0.3, 0.4) is 0 Å². The SMILES string of the molecule is CC(C)C(C(=O)NC1CCC(=O)NC1)C(N)=S. The van der Waals surface area contributed by atoms with Gasteiger partial charge in [0, 0.05) is 19.0 Å². The molecule has 96 valence electrons. The second-order valence-corrected chi connectivity index (χ2v) is 5.14. The molecule has 1 saturated heterocycles. The van der Waals surface area contributed by atoms with Crippen molar-refractivity contribution in [1.29, 1.82) is 0 Å². The van der Waals surface area contributed by atoms with Gasteiger partial charge in [-0.15, -0.1) is 0 Å². The first-order valence-corrected chi connectivity index (χ1v) is 6.19. The van der Waals surface area contributed by atoms with Crippen molar-refractivity contribution in [2.24, 2.45) is 17.6 Å². The summed E-state index contributed by atoms with van der Waals surface area (Å²) in [5.41, 5.74) is 5.57.